The van der Waals surface area contributed by atoms with Crippen LogP contribution in [0.25, 0.3) is 6.08 Å². The summed E-state index contributed by atoms with van der Waals surface area (Å²) in [6, 6.07) is 11.0. The fourth-order valence-electron chi connectivity index (χ4n) is 2.65. The Morgan fingerprint density at radius 1 is 0.846 bits per heavy atom. The molecule has 5 heteroatoms. The highest BCUT2D eigenvalue weighted by molar-refractivity contribution is 5.55. The smallest absolute Gasteiger partial charge is 0.161 e. The van der Waals surface area contributed by atoms with Crippen molar-refractivity contribution in [2.24, 2.45) is 0 Å². The van der Waals surface area contributed by atoms with Crippen LogP contribution < -0.4 is 18.9 Å². The first kappa shape index (κ1) is 19.7. The predicted octanol–water partition coefficient (Wildman–Crippen LogP) is 4.25. The summed E-state index contributed by atoms with van der Waals surface area (Å²) in [4.78, 5) is 0. The molecule has 0 aliphatic heterocycles. The molecule has 140 valence electrons. The van der Waals surface area contributed by atoms with E-state index in [1.807, 2.05) is 37.3 Å². The lowest BCUT2D eigenvalue weighted by molar-refractivity contribution is 0.0450. The van der Waals surface area contributed by atoms with E-state index in [0.29, 0.717) is 28.6 Å². The molecule has 0 heterocycles. The van der Waals surface area contributed by atoms with Crippen LogP contribution in [0.2, 0.25) is 0 Å². The van der Waals surface area contributed by atoms with E-state index < -0.39 is 12.2 Å². The van der Waals surface area contributed by atoms with Gasteiger partial charge in [-0.1, -0.05) is 24.3 Å². The van der Waals surface area contributed by atoms with Gasteiger partial charge < -0.3 is 24.1 Å². The van der Waals surface area contributed by atoms with E-state index in [9.17, 15) is 5.11 Å². The molecule has 0 spiro atoms. The minimum atomic E-state index is -0.838. The minimum absolute atomic E-state index is 0.491. The van der Waals surface area contributed by atoms with Crippen LogP contribution in [0.3, 0.4) is 0 Å². The van der Waals surface area contributed by atoms with Crippen LogP contribution in [-0.4, -0.2) is 32.5 Å². The molecule has 1 N–H and O–H groups in total. The molecule has 0 aliphatic carbocycles. The Balaban J connectivity index is 2.20. The third kappa shape index (κ3) is 4.49. The minimum Gasteiger partial charge on any atom is -0.493 e. The SMILES string of the molecule is CC=Cc1ccc(O[C@@H](C)[C@H](O)c2ccc(OC)c(OC)c2)c(OC)c1. The number of rotatable bonds is 8. The standard InChI is InChI=1S/C21H26O5/c1-6-7-15-8-10-18(19(12-15)24-4)26-14(2)21(22)16-9-11-17(23-3)20(13-16)25-5/h6-14,21-22H,1-5H3/t14-,21-/m0/s1. The van der Waals surface area contributed by atoms with Crippen molar-refractivity contribution in [2.45, 2.75) is 26.1 Å². The first-order valence-electron chi connectivity index (χ1n) is 8.41. The molecule has 0 saturated carbocycles. The Hall–Kier alpha value is -2.66. The summed E-state index contributed by atoms with van der Waals surface area (Å²) in [5, 5.41) is 10.7. The van der Waals surface area contributed by atoms with Crippen LogP contribution in [0, 0.1) is 0 Å². The van der Waals surface area contributed by atoms with Gasteiger partial charge in [0.2, 0.25) is 0 Å². The molecule has 0 bridgehead atoms. The van der Waals surface area contributed by atoms with Gasteiger partial charge in [0.25, 0.3) is 0 Å². The zero-order valence-corrected chi connectivity index (χ0v) is 15.9. The summed E-state index contributed by atoms with van der Waals surface area (Å²) in [5.74, 6) is 2.36. The fourth-order valence-corrected chi connectivity index (χ4v) is 2.65. The second-order valence-corrected chi connectivity index (χ2v) is 5.79. The molecule has 26 heavy (non-hydrogen) atoms. The normalized spacial score (nSPS) is 13.3. The molecule has 0 aromatic heterocycles. The van der Waals surface area contributed by atoms with E-state index in [1.165, 1.54) is 0 Å². The van der Waals surface area contributed by atoms with Crippen LogP contribution in [-0.2, 0) is 0 Å². The molecule has 0 aliphatic rings. The van der Waals surface area contributed by atoms with Crippen LogP contribution in [0.5, 0.6) is 23.0 Å². The van der Waals surface area contributed by atoms with Gasteiger partial charge in [-0.3, -0.25) is 0 Å². The highest BCUT2D eigenvalue weighted by Gasteiger charge is 2.21. The Bertz CT molecular complexity index is 754. The van der Waals surface area contributed by atoms with Gasteiger partial charge in [-0.15, -0.1) is 0 Å². The van der Waals surface area contributed by atoms with E-state index in [-0.39, 0.29) is 0 Å². The molecule has 0 unspecified atom stereocenters. The number of aliphatic hydroxyl groups excluding tert-OH is 1. The third-order valence-electron chi connectivity index (χ3n) is 4.05. The Labute approximate surface area is 154 Å². The van der Waals surface area contributed by atoms with E-state index in [1.54, 1.807) is 46.5 Å². The van der Waals surface area contributed by atoms with Gasteiger partial charge in [0.05, 0.1) is 21.3 Å². The first-order valence-corrected chi connectivity index (χ1v) is 8.41. The molecule has 2 aromatic carbocycles. The molecule has 2 rings (SSSR count). The average Bonchev–Trinajstić information content (AvgIpc) is 2.67. The van der Waals surface area contributed by atoms with Gasteiger partial charge >= 0.3 is 0 Å². The van der Waals surface area contributed by atoms with Gasteiger partial charge in [-0.05, 0) is 49.2 Å². The molecular formula is C21H26O5. The summed E-state index contributed by atoms with van der Waals surface area (Å²) in [6.45, 7) is 3.76. The molecule has 2 aromatic rings. The number of aliphatic hydroxyl groups is 1. The number of methoxy groups -OCH3 is 3. The maximum absolute atomic E-state index is 10.7. The van der Waals surface area contributed by atoms with E-state index in [4.69, 9.17) is 18.9 Å². The van der Waals surface area contributed by atoms with Crippen molar-refractivity contribution in [2.75, 3.05) is 21.3 Å². The summed E-state index contributed by atoms with van der Waals surface area (Å²) in [5.41, 5.74) is 1.70. The maximum Gasteiger partial charge on any atom is 0.161 e. The lowest BCUT2D eigenvalue weighted by Gasteiger charge is -2.23. The number of hydrogen-bond acceptors (Lipinski definition) is 5. The lowest BCUT2D eigenvalue weighted by Crippen LogP contribution is -2.22. The predicted molar refractivity (Wildman–Crippen MR) is 102 cm³/mol. The molecule has 5 nitrogen and oxygen atoms in total. The average molecular weight is 358 g/mol. The van der Waals surface area contributed by atoms with Crippen molar-refractivity contribution in [3.05, 3.63) is 53.6 Å². The van der Waals surface area contributed by atoms with Gasteiger partial charge in [0.1, 0.15) is 12.2 Å². The summed E-state index contributed by atoms with van der Waals surface area (Å²) >= 11 is 0. The second-order valence-electron chi connectivity index (χ2n) is 5.79. The third-order valence-corrected chi connectivity index (χ3v) is 4.05. The van der Waals surface area contributed by atoms with Crippen molar-refractivity contribution < 1.29 is 24.1 Å². The largest absolute Gasteiger partial charge is 0.493 e. The van der Waals surface area contributed by atoms with Crippen LogP contribution >= 0.6 is 0 Å². The van der Waals surface area contributed by atoms with Crippen molar-refractivity contribution in [3.8, 4) is 23.0 Å². The van der Waals surface area contributed by atoms with Gasteiger partial charge in [0.15, 0.2) is 23.0 Å². The van der Waals surface area contributed by atoms with Crippen molar-refractivity contribution in [3.63, 3.8) is 0 Å². The zero-order chi connectivity index (χ0) is 19.1. The zero-order valence-electron chi connectivity index (χ0n) is 15.9. The molecule has 0 saturated heterocycles. The highest BCUT2D eigenvalue weighted by atomic mass is 16.5. The number of ether oxygens (including phenoxy) is 4. The number of benzene rings is 2. The molecule has 2 atom stereocenters. The van der Waals surface area contributed by atoms with Gasteiger partial charge in [-0.2, -0.15) is 0 Å². The molecule has 0 amide bonds. The first-order chi connectivity index (χ1) is 12.5. The monoisotopic (exact) mass is 358 g/mol. The maximum atomic E-state index is 10.7. The molecular weight excluding hydrogens is 332 g/mol. The van der Waals surface area contributed by atoms with E-state index in [0.717, 1.165) is 5.56 Å². The summed E-state index contributed by atoms with van der Waals surface area (Å²) < 4.78 is 21.9. The second kappa shape index (κ2) is 9.15. The van der Waals surface area contributed by atoms with Crippen LogP contribution in [0.1, 0.15) is 31.1 Å². The Kier molecular flexibility index (Phi) is 6.92. The summed E-state index contributed by atoms with van der Waals surface area (Å²) in [7, 11) is 4.73. The van der Waals surface area contributed by atoms with Crippen molar-refractivity contribution >= 4 is 6.08 Å². The van der Waals surface area contributed by atoms with Crippen LogP contribution in [0.4, 0.5) is 0 Å². The quantitative estimate of drug-likeness (QED) is 0.765. The fraction of sp³-hybridized carbons (Fsp3) is 0.333. The van der Waals surface area contributed by atoms with E-state index >= 15 is 0 Å². The highest BCUT2D eigenvalue weighted by Crippen LogP contribution is 2.34. The lowest BCUT2D eigenvalue weighted by atomic mass is 10.0. The molecule has 0 fully saturated rings. The van der Waals surface area contributed by atoms with Crippen molar-refractivity contribution in [1.29, 1.82) is 0 Å². The topological polar surface area (TPSA) is 57.2 Å². The van der Waals surface area contributed by atoms with Gasteiger partial charge in [0, 0.05) is 0 Å². The summed E-state index contributed by atoms with van der Waals surface area (Å²) in [6.07, 6.45) is 2.61. The molecule has 0 radical (unpaired) electrons. The number of allylic oxidation sites excluding steroid dienone is 1. The Morgan fingerprint density at radius 2 is 1.46 bits per heavy atom. The van der Waals surface area contributed by atoms with Gasteiger partial charge in [-0.25, -0.2) is 0 Å². The van der Waals surface area contributed by atoms with Crippen molar-refractivity contribution in [1.82, 2.24) is 0 Å². The number of hydrogen-bond donors (Lipinski definition) is 1. The van der Waals surface area contributed by atoms with Crippen LogP contribution in [0.15, 0.2) is 42.5 Å². The van der Waals surface area contributed by atoms with E-state index in [2.05, 4.69) is 0 Å². The Morgan fingerprint density at radius 3 is 2.08 bits per heavy atom.